The largest absolute Gasteiger partial charge is 0.488 e. The number of nitrogens with one attached hydrogen (secondary N) is 1. The second-order valence-electron chi connectivity index (χ2n) is 4.03. The maximum Gasteiger partial charge on any atom is 0.124 e. The fourth-order valence-corrected chi connectivity index (χ4v) is 1.75. The summed E-state index contributed by atoms with van der Waals surface area (Å²) in [6, 6.07) is 8.28. The molecule has 1 atom stereocenters. The summed E-state index contributed by atoms with van der Waals surface area (Å²) in [5.41, 5.74) is 1.29. The van der Waals surface area contributed by atoms with Gasteiger partial charge in [-0.2, -0.15) is 0 Å². The van der Waals surface area contributed by atoms with E-state index in [1.165, 1.54) is 5.56 Å². The third-order valence-electron chi connectivity index (χ3n) is 2.69. The van der Waals surface area contributed by atoms with E-state index < -0.39 is 0 Å². The van der Waals surface area contributed by atoms with E-state index in [4.69, 9.17) is 9.47 Å². The second-order valence-corrected chi connectivity index (χ2v) is 4.03. The van der Waals surface area contributed by atoms with E-state index in [0.29, 0.717) is 0 Å². The minimum Gasteiger partial charge on any atom is -0.488 e. The van der Waals surface area contributed by atoms with Crippen LogP contribution in [0.4, 0.5) is 0 Å². The Morgan fingerprint density at radius 3 is 2.81 bits per heavy atom. The molecule has 0 aromatic heterocycles. The Bertz CT molecular complexity index is 304. The summed E-state index contributed by atoms with van der Waals surface area (Å²) >= 11 is 0. The first-order valence-electron chi connectivity index (χ1n) is 5.92. The zero-order chi connectivity index (χ0) is 11.2. The SMILES string of the molecule is CCNCc1ccc(OC2CCOC2)cc1. The van der Waals surface area contributed by atoms with E-state index in [-0.39, 0.29) is 6.10 Å². The Balaban J connectivity index is 1.86. The zero-order valence-electron chi connectivity index (χ0n) is 9.74. The highest BCUT2D eigenvalue weighted by Crippen LogP contribution is 2.17. The summed E-state index contributed by atoms with van der Waals surface area (Å²) in [5, 5.41) is 3.30. The minimum absolute atomic E-state index is 0.236. The van der Waals surface area contributed by atoms with E-state index in [9.17, 15) is 0 Å². The Hall–Kier alpha value is -1.06. The predicted octanol–water partition coefficient (Wildman–Crippen LogP) is 1.96. The molecule has 88 valence electrons. The van der Waals surface area contributed by atoms with Crippen LogP contribution < -0.4 is 10.1 Å². The molecule has 1 aromatic carbocycles. The van der Waals surface area contributed by atoms with E-state index in [1.807, 2.05) is 12.1 Å². The van der Waals surface area contributed by atoms with Crippen molar-refractivity contribution in [3.8, 4) is 5.75 Å². The number of hydrogen-bond donors (Lipinski definition) is 1. The van der Waals surface area contributed by atoms with Gasteiger partial charge in [-0.05, 0) is 24.2 Å². The Labute approximate surface area is 96.8 Å². The van der Waals surface area contributed by atoms with Crippen molar-refractivity contribution in [2.45, 2.75) is 26.0 Å². The van der Waals surface area contributed by atoms with Crippen molar-refractivity contribution in [2.75, 3.05) is 19.8 Å². The smallest absolute Gasteiger partial charge is 0.124 e. The van der Waals surface area contributed by atoms with Crippen LogP contribution in [0.5, 0.6) is 5.75 Å². The van der Waals surface area contributed by atoms with Crippen LogP contribution in [-0.4, -0.2) is 25.9 Å². The summed E-state index contributed by atoms with van der Waals surface area (Å²) in [6.45, 7) is 5.57. The molecule has 0 saturated carbocycles. The fraction of sp³-hybridized carbons (Fsp3) is 0.538. The van der Waals surface area contributed by atoms with Crippen molar-refractivity contribution < 1.29 is 9.47 Å². The second kappa shape index (κ2) is 5.87. The van der Waals surface area contributed by atoms with Gasteiger partial charge in [0.15, 0.2) is 0 Å². The molecule has 1 aliphatic heterocycles. The van der Waals surface area contributed by atoms with E-state index in [2.05, 4.69) is 24.4 Å². The molecule has 1 fully saturated rings. The lowest BCUT2D eigenvalue weighted by Gasteiger charge is -2.12. The maximum absolute atomic E-state index is 5.79. The first-order chi connectivity index (χ1) is 7.88. The van der Waals surface area contributed by atoms with E-state index in [0.717, 1.165) is 38.5 Å². The minimum atomic E-state index is 0.236. The average Bonchev–Trinajstić information content (AvgIpc) is 2.81. The number of hydrogen-bond acceptors (Lipinski definition) is 3. The van der Waals surface area contributed by atoms with Gasteiger partial charge in [0, 0.05) is 13.0 Å². The standard InChI is InChI=1S/C13H19NO2/c1-2-14-9-11-3-5-12(6-4-11)16-13-7-8-15-10-13/h3-6,13-14H,2,7-10H2,1H3. The molecule has 1 unspecified atom stereocenters. The lowest BCUT2D eigenvalue weighted by atomic mass is 10.2. The van der Waals surface area contributed by atoms with Gasteiger partial charge in [0.05, 0.1) is 13.2 Å². The highest BCUT2D eigenvalue weighted by atomic mass is 16.5. The molecule has 2 rings (SSSR count). The summed E-state index contributed by atoms with van der Waals surface area (Å²) in [6.07, 6.45) is 1.23. The van der Waals surface area contributed by atoms with Gasteiger partial charge in [0.2, 0.25) is 0 Å². The first kappa shape index (κ1) is 11.4. The number of ether oxygens (including phenoxy) is 2. The molecule has 0 aliphatic carbocycles. The molecule has 16 heavy (non-hydrogen) atoms. The molecule has 1 N–H and O–H groups in total. The summed E-state index contributed by atoms with van der Waals surface area (Å²) in [7, 11) is 0. The van der Waals surface area contributed by atoms with E-state index in [1.54, 1.807) is 0 Å². The molecule has 0 bridgehead atoms. The molecular formula is C13H19NO2. The van der Waals surface area contributed by atoms with Crippen molar-refractivity contribution in [2.24, 2.45) is 0 Å². The van der Waals surface area contributed by atoms with Crippen LogP contribution in [0.2, 0.25) is 0 Å². The van der Waals surface area contributed by atoms with Crippen LogP contribution in [0, 0.1) is 0 Å². The summed E-state index contributed by atoms with van der Waals surface area (Å²) in [4.78, 5) is 0. The van der Waals surface area contributed by atoms with E-state index >= 15 is 0 Å². The topological polar surface area (TPSA) is 30.5 Å². The zero-order valence-corrected chi connectivity index (χ0v) is 9.74. The highest BCUT2D eigenvalue weighted by molar-refractivity contribution is 5.27. The molecule has 0 amide bonds. The van der Waals surface area contributed by atoms with Crippen LogP contribution in [0.1, 0.15) is 18.9 Å². The predicted molar refractivity (Wildman–Crippen MR) is 63.7 cm³/mol. The van der Waals surface area contributed by atoms with Crippen LogP contribution in [-0.2, 0) is 11.3 Å². The van der Waals surface area contributed by atoms with Crippen molar-refractivity contribution >= 4 is 0 Å². The van der Waals surface area contributed by atoms with Gasteiger partial charge in [-0.1, -0.05) is 19.1 Å². The van der Waals surface area contributed by atoms with Crippen LogP contribution in [0.3, 0.4) is 0 Å². The quantitative estimate of drug-likeness (QED) is 0.824. The molecular weight excluding hydrogens is 202 g/mol. The first-order valence-corrected chi connectivity index (χ1v) is 5.92. The van der Waals surface area contributed by atoms with Crippen LogP contribution >= 0.6 is 0 Å². The van der Waals surface area contributed by atoms with Gasteiger partial charge in [-0.3, -0.25) is 0 Å². The molecule has 1 heterocycles. The average molecular weight is 221 g/mol. The van der Waals surface area contributed by atoms with Crippen molar-refractivity contribution in [3.63, 3.8) is 0 Å². The van der Waals surface area contributed by atoms with Gasteiger partial charge in [0.1, 0.15) is 11.9 Å². The Morgan fingerprint density at radius 2 is 2.19 bits per heavy atom. The van der Waals surface area contributed by atoms with Crippen LogP contribution in [0.15, 0.2) is 24.3 Å². The molecule has 3 heteroatoms. The fourth-order valence-electron chi connectivity index (χ4n) is 1.75. The lowest BCUT2D eigenvalue weighted by molar-refractivity contribution is 0.141. The van der Waals surface area contributed by atoms with Crippen LogP contribution in [0.25, 0.3) is 0 Å². The number of rotatable bonds is 5. The normalized spacial score (nSPS) is 19.9. The Kier molecular flexibility index (Phi) is 4.19. The maximum atomic E-state index is 5.79. The Morgan fingerprint density at radius 1 is 1.38 bits per heavy atom. The molecule has 1 aromatic rings. The highest BCUT2D eigenvalue weighted by Gasteiger charge is 2.16. The lowest BCUT2D eigenvalue weighted by Crippen LogP contribution is -2.15. The van der Waals surface area contributed by atoms with Gasteiger partial charge < -0.3 is 14.8 Å². The molecule has 1 aliphatic rings. The molecule has 0 radical (unpaired) electrons. The van der Waals surface area contributed by atoms with Crippen molar-refractivity contribution in [3.05, 3.63) is 29.8 Å². The molecule has 3 nitrogen and oxygen atoms in total. The van der Waals surface area contributed by atoms with Gasteiger partial charge in [-0.15, -0.1) is 0 Å². The van der Waals surface area contributed by atoms with Crippen molar-refractivity contribution in [1.82, 2.24) is 5.32 Å². The van der Waals surface area contributed by atoms with Gasteiger partial charge in [0.25, 0.3) is 0 Å². The summed E-state index contributed by atoms with van der Waals surface area (Å²) in [5.74, 6) is 0.941. The third kappa shape index (κ3) is 3.22. The van der Waals surface area contributed by atoms with Gasteiger partial charge >= 0.3 is 0 Å². The molecule has 1 saturated heterocycles. The third-order valence-corrected chi connectivity index (χ3v) is 2.69. The van der Waals surface area contributed by atoms with Crippen molar-refractivity contribution in [1.29, 1.82) is 0 Å². The van der Waals surface area contributed by atoms with Gasteiger partial charge in [-0.25, -0.2) is 0 Å². The monoisotopic (exact) mass is 221 g/mol. The summed E-state index contributed by atoms with van der Waals surface area (Å²) < 4.78 is 11.1. The number of benzene rings is 1. The molecule has 0 spiro atoms.